The Morgan fingerprint density at radius 2 is 2.05 bits per heavy atom. The van der Waals surface area contributed by atoms with Crippen LogP contribution in [0, 0.1) is 0 Å². The van der Waals surface area contributed by atoms with Crippen LogP contribution in [0.3, 0.4) is 0 Å². The molecule has 1 aliphatic carbocycles. The average molecular weight is 305 g/mol. The smallest absolute Gasteiger partial charge is 0.276 e. The molecule has 1 aromatic carbocycles. The van der Waals surface area contributed by atoms with Crippen LogP contribution in [0.25, 0.3) is 0 Å². The summed E-state index contributed by atoms with van der Waals surface area (Å²) in [5.41, 5.74) is 1.40. The molecule has 1 unspecified atom stereocenters. The van der Waals surface area contributed by atoms with E-state index in [9.17, 15) is 4.79 Å². The molecule has 5 heteroatoms. The van der Waals surface area contributed by atoms with Crippen molar-refractivity contribution in [1.82, 2.24) is 10.1 Å². The van der Waals surface area contributed by atoms with E-state index in [1.54, 1.807) is 18.0 Å². The van der Waals surface area contributed by atoms with Crippen LogP contribution in [0.2, 0.25) is 5.02 Å². The molecule has 2 aromatic rings. The maximum Gasteiger partial charge on any atom is 0.276 e. The van der Waals surface area contributed by atoms with E-state index >= 15 is 0 Å². The second kappa shape index (κ2) is 5.53. The first-order valence-electron chi connectivity index (χ1n) is 7.05. The van der Waals surface area contributed by atoms with E-state index in [0.29, 0.717) is 16.6 Å². The average Bonchev–Trinajstić information content (AvgIpc) is 3.23. The minimum absolute atomic E-state index is 0.0594. The summed E-state index contributed by atoms with van der Waals surface area (Å²) >= 11 is 5.89. The maximum atomic E-state index is 12.5. The molecule has 1 aliphatic rings. The predicted octanol–water partition coefficient (Wildman–Crippen LogP) is 4.04. The molecule has 1 atom stereocenters. The molecule has 0 radical (unpaired) electrons. The van der Waals surface area contributed by atoms with E-state index < -0.39 is 0 Å². The SMILES string of the molecule is CC(c1ccc(Cl)cc1)N(C)C(=O)c1cc(C2CC2)on1. The third-order valence-electron chi connectivity index (χ3n) is 3.98. The van der Waals surface area contributed by atoms with Crippen LogP contribution in [-0.4, -0.2) is 23.0 Å². The third-order valence-corrected chi connectivity index (χ3v) is 4.23. The molecule has 3 rings (SSSR count). The van der Waals surface area contributed by atoms with Gasteiger partial charge < -0.3 is 9.42 Å². The van der Waals surface area contributed by atoms with Gasteiger partial charge in [-0.1, -0.05) is 28.9 Å². The number of aromatic nitrogens is 1. The molecular formula is C16H17ClN2O2. The molecular weight excluding hydrogens is 288 g/mol. The van der Waals surface area contributed by atoms with Gasteiger partial charge in [-0.2, -0.15) is 0 Å². The van der Waals surface area contributed by atoms with Crippen LogP contribution >= 0.6 is 11.6 Å². The molecule has 1 fully saturated rings. The van der Waals surface area contributed by atoms with Crippen molar-refractivity contribution in [3.63, 3.8) is 0 Å². The number of hydrogen-bond donors (Lipinski definition) is 0. The van der Waals surface area contributed by atoms with Crippen molar-refractivity contribution < 1.29 is 9.32 Å². The van der Waals surface area contributed by atoms with E-state index in [2.05, 4.69) is 5.16 Å². The summed E-state index contributed by atoms with van der Waals surface area (Å²) in [7, 11) is 1.77. The van der Waals surface area contributed by atoms with E-state index in [0.717, 1.165) is 24.2 Å². The Kier molecular flexibility index (Phi) is 3.72. The van der Waals surface area contributed by atoms with Crippen LogP contribution in [-0.2, 0) is 0 Å². The van der Waals surface area contributed by atoms with Crippen molar-refractivity contribution in [1.29, 1.82) is 0 Å². The van der Waals surface area contributed by atoms with Gasteiger partial charge in [0.1, 0.15) is 5.76 Å². The number of carbonyl (C=O) groups excluding carboxylic acids is 1. The van der Waals surface area contributed by atoms with Gasteiger partial charge in [-0.15, -0.1) is 0 Å². The Morgan fingerprint density at radius 1 is 1.38 bits per heavy atom. The topological polar surface area (TPSA) is 46.3 Å². The first kappa shape index (κ1) is 14.1. The molecule has 0 spiro atoms. The zero-order valence-corrected chi connectivity index (χ0v) is 12.8. The van der Waals surface area contributed by atoms with Crippen molar-refractivity contribution in [3.05, 3.63) is 52.4 Å². The predicted molar refractivity (Wildman–Crippen MR) is 80.4 cm³/mol. The summed E-state index contributed by atoms with van der Waals surface area (Å²) in [6.07, 6.45) is 2.25. The molecule has 21 heavy (non-hydrogen) atoms. The lowest BCUT2D eigenvalue weighted by Crippen LogP contribution is -2.29. The highest BCUT2D eigenvalue weighted by atomic mass is 35.5. The molecule has 1 aromatic heterocycles. The van der Waals surface area contributed by atoms with E-state index in [1.165, 1.54) is 0 Å². The fraction of sp³-hybridized carbons (Fsp3) is 0.375. The summed E-state index contributed by atoms with van der Waals surface area (Å²) in [5, 5.41) is 4.59. The van der Waals surface area contributed by atoms with E-state index in [-0.39, 0.29) is 11.9 Å². The highest BCUT2D eigenvalue weighted by molar-refractivity contribution is 6.30. The van der Waals surface area contributed by atoms with Gasteiger partial charge in [-0.25, -0.2) is 0 Å². The van der Waals surface area contributed by atoms with Crippen molar-refractivity contribution in [3.8, 4) is 0 Å². The highest BCUT2D eigenvalue weighted by Gasteiger charge is 2.30. The summed E-state index contributed by atoms with van der Waals surface area (Å²) in [4.78, 5) is 14.1. The van der Waals surface area contributed by atoms with Crippen LogP contribution in [0.5, 0.6) is 0 Å². The second-order valence-corrected chi connectivity index (χ2v) is 5.97. The molecule has 110 valence electrons. The van der Waals surface area contributed by atoms with Crippen LogP contribution in [0.4, 0.5) is 0 Å². The lowest BCUT2D eigenvalue weighted by atomic mass is 10.1. The summed E-state index contributed by atoms with van der Waals surface area (Å²) in [6.45, 7) is 1.98. The second-order valence-electron chi connectivity index (χ2n) is 5.53. The lowest BCUT2D eigenvalue weighted by Gasteiger charge is -2.24. The van der Waals surface area contributed by atoms with Crippen LogP contribution < -0.4 is 0 Å². The van der Waals surface area contributed by atoms with Crippen molar-refractivity contribution in [2.24, 2.45) is 0 Å². The van der Waals surface area contributed by atoms with Crippen molar-refractivity contribution in [2.45, 2.75) is 31.7 Å². The Balaban J connectivity index is 1.74. The van der Waals surface area contributed by atoms with Gasteiger partial charge in [0.05, 0.1) is 6.04 Å². The lowest BCUT2D eigenvalue weighted by molar-refractivity contribution is 0.0732. The van der Waals surface area contributed by atoms with Gasteiger partial charge >= 0.3 is 0 Å². The van der Waals surface area contributed by atoms with Crippen molar-refractivity contribution >= 4 is 17.5 Å². The molecule has 0 aliphatic heterocycles. The number of benzene rings is 1. The Labute approximate surface area is 128 Å². The quantitative estimate of drug-likeness (QED) is 0.856. The van der Waals surface area contributed by atoms with Gasteiger partial charge in [-0.05, 0) is 37.5 Å². The zero-order chi connectivity index (χ0) is 15.0. The minimum atomic E-state index is -0.131. The Bertz CT molecular complexity index is 647. The van der Waals surface area contributed by atoms with Crippen LogP contribution in [0.15, 0.2) is 34.9 Å². The summed E-state index contributed by atoms with van der Waals surface area (Å²) < 4.78 is 5.25. The number of hydrogen-bond acceptors (Lipinski definition) is 3. The standard InChI is InChI=1S/C16H17ClN2O2/c1-10(11-5-7-13(17)8-6-11)19(2)16(20)14-9-15(21-18-14)12-3-4-12/h5-10,12H,3-4H2,1-2H3. The van der Waals surface area contributed by atoms with Gasteiger partial charge in [0.25, 0.3) is 5.91 Å². The van der Waals surface area contributed by atoms with Gasteiger partial charge in [-0.3, -0.25) is 4.79 Å². The first-order chi connectivity index (χ1) is 10.1. The number of amides is 1. The number of halogens is 1. The number of carbonyl (C=O) groups is 1. The summed E-state index contributed by atoms with van der Waals surface area (Å²) in [5.74, 6) is 1.15. The van der Waals surface area contributed by atoms with Crippen molar-refractivity contribution in [2.75, 3.05) is 7.05 Å². The molecule has 1 heterocycles. The number of nitrogens with zero attached hydrogens (tertiary/aromatic N) is 2. The fourth-order valence-corrected chi connectivity index (χ4v) is 2.40. The largest absolute Gasteiger partial charge is 0.360 e. The monoisotopic (exact) mass is 304 g/mol. The van der Waals surface area contributed by atoms with E-state index in [4.69, 9.17) is 16.1 Å². The normalized spacial score (nSPS) is 15.8. The summed E-state index contributed by atoms with van der Waals surface area (Å²) in [6, 6.07) is 9.21. The molecule has 0 saturated heterocycles. The fourth-order valence-electron chi connectivity index (χ4n) is 2.27. The van der Waals surface area contributed by atoms with Gasteiger partial charge in [0.15, 0.2) is 5.69 Å². The van der Waals surface area contributed by atoms with Crippen LogP contribution in [0.1, 0.15) is 53.5 Å². The minimum Gasteiger partial charge on any atom is -0.360 e. The number of rotatable bonds is 4. The van der Waals surface area contributed by atoms with Gasteiger partial charge in [0, 0.05) is 24.1 Å². The maximum absolute atomic E-state index is 12.5. The zero-order valence-electron chi connectivity index (χ0n) is 12.0. The Hall–Kier alpha value is -1.81. The molecule has 4 nitrogen and oxygen atoms in total. The first-order valence-corrected chi connectivity index (χ1v) is 7.43. The molecule has 1 saturated carbocycles. The van der Waals surface area contributed by atoms with E-state index in [1.807, 2.05) is 31.2 Å². The third kappa shape index (κ3) is 2.95. The molecule has 0 N–H and O–H groups in total. The highest BCUT2D eigenvalue weighted by Crippen LogP contribution is 2.40. The molecule has 0 bridgehead atoms. The van der Waals surface area contributed by atoms with Gasteiger partial charge in [0.2, 0.25) is 0 Å². The molecule has 1 amide bonds. The Morgan fingerprint density at radius 3 is 2.67 bits per heavy atom.